The highest BCUT2D eigenvalue weighted by molar-refractivity contribution is 6.30. The fourth-order valence-corrected chi connectivity index (χ4v) is 3.09. The Morgan fingerprint density at radius 1 is 0.893 bits per heavy atom. The van der Waals surface area contributed by atoms with E-state index in [4.69, 9.17) is 21.4 Å². The van der Waals surface area contributed by atoms with Crippen LogP contribution in [0.5, 0.6) is 0 Å². The number of benzene rings is 2. The lowest BCUT2D eigenvalue weighted by atomic mass is 10.1. The van der Waals surface area contributed by atoms with E-state index in [2.05, 4.69) is 16.2 Å². The largest absolute Gasteiger partial charge is 0.378 e. The van der Waals surface area contributed by atoms with Gasteiger partial charge >= 0.3 is 0 Å². The van der Waals surface area contributed by atoms with Crippen LogP contribution in [0.4, 0.5) is 0 Å². The number of ether oxygens (including phenoxy) is 1. The van der Waals surface area contributed by atoms with Crippen LogP contribution in [0.2, 0.25) is 5.02 Å². The fraction of sp³-hybridized carbons (Fsp3) is 0.182. The standard InChI is InChI=1S/C22H21ClN4O/c23-19-11-9-18(10-12-19)22-21(8-4-5-13-26-14-16-28-17-15-26)24-27(25-22)20-6-2-1-3-7-20/h1-13H,14-17H2/b8-4+,13-5+. The van der Waals surface area contributed by atoms with Crippen LogP contribution >= 0.6 is 11.6 Å². The molecule has 0 atom stereocenters. The van der Waals surface area contributed by atoms with Gasteiger partial charge in [0.05, 0.1) is 18.9 Å². The Hall–Kier alpha value is -2.89. The lowest BCUT2D eigenvalue weighted by Gasteiger charge is -2.24. The Morgan fingerprint density at radius 2 is 1.64 bits per heavy atom. The van der Waals surface area contributed by atoms with E-state index >= 15 is 0 Å². The van der Waals surface area contributed by atoms with Crippen molar-refractivity contribution in [2.24, 2.45) is 0 Å². The second-order valence-electron chi connectivity index (χ2n) is 6.41. The monoisotopic (exact) mass is 392 g/mol. The molecule has 28 heavy (non-hydrogen) atoms. The Kier molecular flexibility index (Phi) is 5.85. The van der Waals surface area contributed by atoms with Gasteiger partial charge in [0, 0.05) is 23.7 Å². The van der Waals surface area contributed by atoms with Crippen LogP contribution in [0.1, 0.15) is 5.69 Å². The molecule has 1 fully saturated rings. The number of aromatic nitrogens is 3. The minimum atomic E-state index is 0.699. The molecule has 2 heterocycles. The highest BCUT2D eigenvalue weighted by Gasteiger charge is 2.12. The van der Waals surface area contributed by atoms with Gasteiger partial charge in [0.25, 0.3) is 0 Å². The molecule has 0 unspecified atom stereocenters. The van der Waals surface area contributed by atoms with E-state index in [0.29, 0.717) is 5.02 Å². The molecule has 0 aliphatic carbocycles. The first-order valence-electron chi connectivity index (χ1n) is 9.25. The molecule has 2 aromatic carbocycles. The average Bonchev–Trinajstić information content (AvgIpc) is 3.17. The van der Waals surface area contributed by atoms with Crippen molar-refractivity contribution in [3.8, 4) is 16.9 Å². The molecule has 0 spiro atoms. The van der Waals surface area contributed by atoms with Crippen molar-refractivity contribution in [2.45, 2.75) is 0 Å². The number of allylic oxidation sites excluding steroid dienone is 2. The summed E-state index contributed by atoms with van der Waals surface area (Å²) < 4.78 is 5.37. The minimum absolute atomic E-state index is 0.699. The molecule has 5 nitrogen and oxygen atoms in total. The summed E-state index contributed by atoms with van der Waals surface area (Å²) in [6.07, 6.45) is 8.09. The van der Waals surface area contributed by atoms with Crippen LogP contribution < -0.4 is 0 Å². The van der Waals surface area contributed by atoms with Gasteiger partial charge in [-0.2, -0.15) is 4.80 Å². The molecule has 3 aromatic rings. The van der Waals surface area contributed by atoms with Crippen LogP contribution in [0.3, 0.4) is 0 Å². The van der Waals surface area contributed by atoms with Gasteiger partial charge in [-0.1, -0.05) is 48.0 Å². The summed E-state index contributed by atoms with van der Waals surface area (Å²) in [5.74, 6) is 0. The van der Waals surface area contributed by atoms with Gasteiger partial charge in [0.2, 0.25) is 0 Å². The predicted molar refractivity (Wildman–Crippen MR) is 112 cm³/mol. The van der Waals surface area contributed by atoms with E-state index in [1.54, 1.807) is 4.80 Å². The zero-order valence-corrected chi connectivity index (χ0v) is 16.2. The lowest BCUT2D eigenvalue weighted by Crippen LogP contribution is -2.31. The number of morpholine rings is 1. The van der Waals surface area contributed by atoms with E-state index in [1.807, 2.05) is 72.8 Å². The average molecular weight is 393 g/mol. The predicted octanol–water partition coefficient (Wildman–Crippen LogP) is 4.45. The molecule has 0 N–H and O–H groups in total. The van der Waals surface area contributed by atoms with E-state index in [-0.39, 0.29) is 0 Å². The van der Waals surface area contributed by atoms with Gasteiger partial charge in [0.1, 0.15) is 11.4 Å². The van der Waals surface area contributed by atoms with Crippen molar-refractivity contribution in [3.05, 3.63) is 83.7 Å². The van der Waals surface area contributed by atoms with Gasteiger partial charge in [-0.15, -0.1) is 10.2 Å². The number of nitrogens with zero attached hydrogens (tertiary/aromatic N) is 4. The lowest BCUT2D eigenvalue weighted by molar-refractivity contribution is 0.0594. The maximum atomic E-state index is 6.04. The van der Waals surface area contributed by atoms with Crippen LogP contribution in [-0.4, -0.2) is 46.2 Å². The third-order valence-corrected chi connectivity index (χ3v) is 4.70. The molecule has 0 amide bonds. The van der Waals surface area contributed by atoms with Crippen LogP contribution in [0.15, 0.2) is 72.9 Å². The van der Waals surface area contributed by atoms with Crippen molar-refractivity contribution in [2.75, 3.05) is 26.3 Å². The normalized spacial score (nSPS) is 15.0. The Bertz CT molecular complexity index is 958. The van der Waals surface area contributed by atoms with Crippen molar-refractivity contribution < 1.29 is 4.74 Å². The number of rotatable bonds is 5. The van der Waals surface area contributed by atoms with E-state index < -0.39 is 0 Å². The molecular formula is C22H21ClN4O. The highest BCUT2D eigenvalue weighted by atomic mass is 35.5. The second kappa shape index (κ2) is 8.87. The van der Waals surface area contributed by atoms with Crippen LogP contribution in [0.25, 0.3) is 23.0 Å². The van der Waals surface area contributed by atoms with Crippen LogP contribution in [-0.2, 0) is 4.74 Å². The topological polar surface area (TPSA) is 43.2 Å². The fourth-order valence-electron chi connectivity index (χ4n) is 2.96. The smallest absolute Gasteiger partial charge is 0.120 e. The summed E-state index contributed by atoms with van der Waals surface area (Å²) >= 11 is 6.04. The molecule has 0 radical (unpaired) electrons. The van der Waals surface area contributed by atoms with Crippen LogP contribution in [0, 0.1) is 0 Å². The molecule has 0 bridgehead atoms. The van der Waals surface area contributed by atoms with Crippen molar-refractivity contribution in [1.29, 1.82) is 0 Å². The van der Waals surface area contributed by atoms with E-state index in [0.717, 1.165) is 48.9 Å². The van der Waals surface area contributed by atoms with Gasteiger partial charge in [0.15, 0.2) is 0 Å². The van der Waals surface area contributed by atoms with Gasteiger partial charge in [-0.3, -0.25) is 0 Å². The summed E-state index contributed by atoms with van der Waals surface area (Å²) in [4.78, 5) is 3.91. The third kappa shape index (κ3) is 4.50. The first-order chi connectivity index (χ1) is 13.8. The Labute approximate surface area is 169 Å². The SMILES string of the molecule is Clc1ccc(-c2nn(-c3ccccc3)nc2/C=C/C=C/N2CCOCC2)cc1. The quantitative estimate of drug-likeness (QED) is 0.602. The first-order valence-corrected chi connectivity index (χ1v) is 9.63. The van der Waals surface area contributed by atoms with Gasteiger partial charge in [-0.25, -0.2) is 0 Å². The van der Waals surface area contributed by atoms with E-state index in [1.165, 1.54) is 0 Å². The molecule has 0 saturated carbocycles. The number of para-hydroxylation sites is 1. The molecule has 1 aliphatic heterocycles. The second-order valence-corrected chi connectivity index (χ2v) is 6.85. The Balaban J connectivity index is 1.62. The molecule has 1 saturated heterocycles. The Morgan fingerprint density at radius 3 is 2.39 bits per heavy atom. The molecule has 4 rings (SSSR count). The third-order valence-electron chi connectivity index (χ3n) is 4.45. The zero-order chi connectivity index (χ0) is 19.2. The number of halogens is 1. The van der Waals surface area contributed by atoms with Crippen molar-refractivity contribution in [1.82, 2.24) is 19.9 Å². The molecule has 1 aromatic heterocycles. The zero-order valence-electron chi connectivity index (χ0n) is 15.4. The highest BCUT2D eigenvalue weighted by Crippen LogP contribution is 2.24. The maximum absolute atomic E-state index is 6.04. The minimum Gasteiger partial charge on any atom is -0.378 e. The number of hydrogen-bond acceptors (Lipinski definition) is 4. The summed E-state index contributed by atoms with van der Waals surface area (Å²) in [5.41, 5.74) is 3.51. The maximum Gasteiger partial charge on any atom is 0.120 e. The molecule has 6 heteroatoms. The summed E-state index contributed by atoms with van der Waals surface area (Å²) in [6, 6.07) is 17.5. The summed E-state index contributed by atoms with van der Waals surface area (Å²) in [7, 11) is 0. The van der Waals surface area contributed by atoms with Crippen molar-refractivity contribution in [3.63, 3.8) is 0 Å². The molecular weight excluding hydrogens is 372 g/mol. The van der Waals surface area contributed by atoms with Gasteiger partial charge in [-0.05, 0) is 42.6 Å². The molecule has 142 valence electrons. The van der Waals surface area contributed by atoms with Crippen molar-refractivity contribution >= 4 is 17.7 Å². The van der Waals surface area contributed by atoms with E-state index in [9.17, 15) is 0 Å². The number of hydrogen-bond donors (Lipinski definition) is 0. The van der Waals surface area contributed by atoms with Gasteiger partial charge < -0.3 is 9.64 Å². The summed E-state index contributed by atoms with van der Waals surface area (Å²) in [6.45, 7) is 3.40. The first kappa shape index (κ1) is 18.5. The summed E-state index contributed by atoms with van der Waals surface area (Å²) in [5, 5.41) is 10.1. The molecule has 1 aliphatic rings.